The van der Waals surface area contributed by atoms with Gasteiger partial charge in [0, 0.05) is 36.9 Å². The van der Waals surface area contributed by atoms with Crippen molar-refractivity contribution >= 4 is 17.3 Å². The molecule has 0 amide bonds. The number of hydrogen-bond donors (Lipinski definition) is 1. The fraction of sp³-hybridized carbons (Fsp3) is 0.333. The Morgan fingerprint density at radius 2 is 2.09 bits per heavy atom. The maximum atomic E-state index is 9.21. The molecule has 1 aromatic heterocycles. The number of aromatic nitrogens is 1. The van der Waals surface area contributed by atoms with Crippen molar-refractivity contribution in [3.63, 3.8) is 0 Å². The number of rotatable bonds is 4. The van der Waals surface area contributed by atoms with Gasteiger partial charge >= 0.3 is 0 Å². The number of likely N-dealkylation sites (tertiary alicyclic amines) is 1. The molecule has 1 aliphatic rings. The summed E-state index contributed by atoms with van der Waals surface area (Å²) in [5.41, 5.74) is 2.59. The Balaban J connectivity index is 1.54. The number of piperidine rings is 1. The Bertz CT molecular complexity index is 688. The quantitative estimate of drug-likeness (QED) is 0.931. The van der Waals surface area contributed by atoms with Crippen LogP contribution in [-0.4, -0.2) is 29.0 Å². The highest BCUT2D eigenvalue weighted by molar-refractivity contribution is 6.30. The van der Waals surface area contributed by atoms with Crippen molar-refractivity contribution in [2.45, 2.75) is 25.4 Å². The standard InChI is InChI=1S/C18H19ClN4/c19-15-4-5-18(14(11-15)12-20)22-16-6-9-23(10-7-16)13-17-3-1-2-8-21-17/h1-5,8,11,16,22H,6-7,9-10,13H2. The lowest BCUT2D eigenvalue weighted by atomic mass is 10.0. The molecule has 4 nitrogen and oxygen atoms in total. The highest BCUT2D eigenvalue weighted by Crippen LogP contribution is 2.23. The second-order valence-electron chi connectivity index (χ2n) is 5.82. The second-order valence-corrected chi connectivity index (χ2v) is 6.25. The highest BCUT2D eigenvalue weighted by Gasteiger charge is 2.20. The molecule has 1 saturated heterocycles. The third kappa shape index (κ3) is 4.22. The zero-order chi connectivity index (χ0) is 16.1. The van der Waals surface area contributed by atoms with Gasteiger partial charge < -0.3 is 5.32 Å². The first-order chi connectivity index (χ1) is 11.2. The number of hydrogen-bond acceptors (Lipinski definition) is 4. The van der Waals surface area contributed by atoms with Gasteiger partial charge in [-0.1, -0.05) is 17.7 Å². The SMILES string of the molecule is N#Cc1cc(Cl)ccc1NC1CCN(Cc2ccccn2)CC1. The summed E-state index contributed by atoms with van der Waals surface area (Å²) in [4.78, 5) is 6.81. The van der Waals surface area contributed by atoms with Crippen LogP contribution >= 0.6 is 11.6 Å². The van der Waals surface area contributed by atoms with Crippen LogP contribution in [0, 0.1) is 11.3 Å². The van der Waals surface area contributed by atoms with Crippen LogP contribution in [0.1, 0.15) is 24.1 Å². The summed E-state index contributed by atoms with van der Waals surface area (Å²) in [6.07, 6.45) is 3.95. The predicted octanol–water partition coefficient (Wildman–Crippen LogP) is 3.68. The van der Waals surface area contributed by atoms with Crippen LogP contribution in [0.25, 0.3) is 0 Å². The van der Waals surface area contributed by atoms with Crippen molar-refractivity contribution in [1.29, 1.82) is 5.26 Å². The van der Waals surface area contributed by atoms with Crippen LogP contribution in [0.4, 0.5) is 5.69 Å². The maximum Gasteiger partial charge on any atom is 0.101 e. The molecule has 3 rings (SSSR count). The molecule has 5 heteroatoms. The van der Waals surface area contributed by atoms with E-state index in [9.17, 15) is 5.26 Å². The normalized spacial score (nSPS) is 16.0. The molecule has 0 spiro atoms. The molecule has 23 heavy (non-hydrogen) atoms. The minimum atomic E-state index is 0.392. The molecule has 2 aromatic rings. The Kier molecular flexibility index (Phi) is 5.12. The van der Waals surface area contributed by atoms with Gasteiger partial charge in [0.1, 0.15) is 6.07 Å². The number of halogens is 1. The number of nitriles is 1. The second kappa shape index (κ2) is 7.45. The lowest BCUT2D eigenvalue weighted by molar-refractivity contribution is 0.209. The largest absolute Gasteiger partial charge is 0.381 e. The van der Waals surface area contributed by atoms with E-state index >= 15 is 0 Å². The monoisotopic (exact) mass is 326 g/mol. The van der Waals surface area contributed by atoms with Gasteiger partial charge in [-0.15, -0.1) is 0 Å². The number of nitrogens with zero attached hydrogens (tertiary/aromatic N) is 3. The van der Waals surface area contributed by atoms with Gasteiger partial charge in [-0.2, -0.15) is 5.26 Å². The molecule has 0 radical (unpaired) electrons. The fourth-order valence-corrected chi connectivity index (χ4v) is 3.08. The average Bonchev–Trinajstić information content (AvgIpc) is 2.59. The lowest BCUT2D eigenvalue weighted by Crippen LogP contribution is -2.38. The van der Waals surface area contributed by atoms with E-state index in [2.05, 4.69) is 27.3 Å². The van der Waals surface area contributed by atoms with Crippen molar-refractivity contribution in [2.24, 2.45) is 0 Å². The van der Waals surface area contributed by atoms with Crippen LogP contribution in [0.3, 0.4) is 0 Å². The molecular formula is C18H19ClN4. The number of benzene rings is 1. The third-order valence-electron chi connectivity index (χ3n) is 4.16. The Labute approximate surface area is 141 Å². The molecule has 1 aliphatic heterocycles. The summed E-state index contributed by atoms with van der Waals surface area (Å²) >= 11 is 5.94. The van der Waals surface area contributed by atoms with Gasteiger partial charge in [0.2, 0.25) is 0 Å². The van der Waals surface area contributed by atoms with E-state index in [0.29, 0.717) is 16.6 Å². The van der Waals surface area contributed by atoms with E-state index < -0.39 is 0 Å². The van der Waals surface area contributed by atoms with Crippen LogP contribution in [0.5, 0.6) is 0 Å². The van der Waals surface area contributed by atoms with E-state index in [1.807, 2.05) is 30.5 Å². The van der Waals surface area contributed by atoms with Crippen LogP contribution in [0.15, 0.2) is 42.6 Å². The maximum absolute atomic E-state index is 9.21. The summed E-state index contributed by atoms with van der Waals surface area (Å²) in [6.45, 7) is 2.96. The van der Waals surface area contributed by atoms with E-state index in [1.54, 1.807) is 6.07 Å². The van der Waals surface area contributed by atoms with Crippen molar-refractivity contribution < 1.29 is 0 Å². The zero-order valence-electron chi connectivity index (χ0n) is 12.9. The molecule has 1 aromatic carbocycles. The summed E-state index contributed by atoms with van der Waals surface area (Å²) in [7, 11) is 0. The van der Waals surface area contributed by atoms with Crippen LogP contribution in [-0.2, 0) is 6.54 Å². The number of nitrogens with one attached hydrogen (secondary N) is 1. The van der Waals surface area contributed by atoms with Crippen molar-refractivity contribution in [3.8, 4) is 6.07 Å². The number of pyridine rings is 1. The first kappa shape index (κ1) is 15.8. The Hall–Kier alpha value is -2.09. The van der Waals surface area contributed by atoms with Crippen LogP contribution in [0.2, 0.25) is 5.02 Å². The first-order valence-electron chi connectivity index (χ1n) is 7.83. The van der Waals surface area contributed by atoms with Gasteiger partial charge in [-0.05, 0) is 43.2 Å². The molecule has 0 unspecified atom stereocenters. The number of anilines is 1. The Morgan fingerprint density at radius 1 is 1.26 bits per heavy atom. The molecule has 2 heterocycles. The molecule has 1 fully saturated rings. The van der Waals surface area contributed by atoms with E-state index in [0.717, 1.165) is 43.9 Å². The summed E-state index contributed by atoms with van der Waals surface area (Å²) in [5.74, 6) is 0. The molecule has 118 valence electrons. The fourth-order valence-electron chi connectivity index (χ4n) is 2.91. The topological polar surface area (TPSA) is 52.0 Å². The minimum Gasteiger partial charge on any atom is -0.381 e. The average molecular weight is 327 g/mol. The van der Waals surface area contributed by atoms with Crippen LogP contribution < -0.4 is 5.32 Å². The van der Waals surface area contributed by atoms with E-state index in [-0.39, 0.29) is 0 Å². The molecule has 1 N–H and O–H groups in total. The van der Waals surface area contributed by atoms with Crippen molar-refractivity contribution in [2.75, 3.05) is 18.4 Å². The molecule has 0 bridgehead atoms. The third-order valence-corrected chi connectivity index (χ3v) is 4.40. The van der Waals surface area contributed by atoms with E-state index in [1.165, 1.54) is 0 Å². The van der Waals surface area contributed by atoms with Gasteiger partial charge in [0.15, 0.2) is 0 Å². The van der Waals surface area contributed by atoms with Gasteiger partial charge in [0.25, 0.3) is 0 Å². The molecule has 0 atom stereocenters. The van der Waals surface area contributed by atoms with Gasteiger partial charge in [0.05, 0.1) is 16.9 Å². The zero-order valence-corrected chi connectivity index (χ0v) is 13.6. The summed E-state index contributed by atoms with van der Waals surface area (Å²) in [6, 6.07) is 14.1. The molecular weight excluding hydrogens is 308 g/mol. The van der Waals surface area contributed by atoms with Gasteiger partial charge in [-0.3, -0.25) is 9.88 Å². The lowest BCUT2D eigenvalue weighted by Gasteiger charge is -2.32. The smallest absolute Gasteiger partial charge is 0.101 e. The van der Waals surface area contributed by atoms with E-state index in [4.69, 9.17) is 11.6 Å². The Morgan fingerprint density at radius 3 is 2.78 bits per heavy atom. The molecule has 0 saturated carbocycles. The minimum absolute atomic E-state index is 0.392. The van der Waals surface area contributed by atoms with Crippen molar-refractivity contribution in [1.82, 2.24) is 9.88 Å². The van der Waals surface area contributed by atoms with Crippen molar-refractivity contribution in [3.05, 3.63) is 58.9 Å². The van der Waals surface area contributed by atoms with Gasteiger partial charge in [-0.25, -0.2) is 0 Å². The summed E-state index contributed by atoms with van der Waals surface area (Å²) in [5, 5.41) is 13.3. The highest BCUT2D eigenvalue weighted by atomic mass is 35.5. The first-order valence-corrected chi connectivity index (χ1v) is 8.21. The predicted molar refractivity (Wildman–Crippen MR) is 92.3 cm³/mol. The summed E-state index contributed by atoms with van der Waals surface area (Å²) < 4.78 is 0. The molecule has 0 aliphatic carbocycles.